The van der Waals surface area contributed by atoms with E-state index in [-0.39, 0.29) is 11.5 Å². The summed E-state index contributed by atoms with van der Waals surface area (Å²) in [6.45, 7) is 2.93. The minimum absolute atomic E-state index is 0.0809. The highest BCUT2D eigenvalue weighted by molar-refractivity contribution is 5.55. The van der Waals surface area contributed by atoms with Gasteiger partial charge in [-0.25, -0.2) is 0 Å². The molecule has 0 atom stereocenters. The molecule has 0 aromatic heterocycles. The molecule has 0 bridgehead atoms. The van der Waals surface area contributed by atoms with Gasteiger partial charge in [0.2, 0.25) is 0 Å². The first-order chi connectivity index (χ1) is 9.12. The van der Waals surface area contributed by atoms with Gasteiger partial charge in [-0.3, -0.25) is 0 Å². The molecule has 0 spiro atoms. The summed E-state index contributed by atoms with van der Waals surface area (Å²) in [5, 5.41) is 6.57. The number of ether oxygens (including phenoxy) is 2. The van der Waals surface area contributed by atoms with Gasteiger partial charge >= 0.3 is 6.29 Å². The number of rotatable bonds is 3. The Morgan fingerprint density at radius 3 is 2.74 bits per heavy atom. The molecule has 0 unspecified atom stereocenters. The average molecular weight is 270 g/mol. The van der Waals surface area contributed by atoms with Gasteiger partial charge in [0, 0.05) is 18.3 Å². The number of benzene rings is 1. The quantitative estimate of drug-likeness (QED) is 0.885. The van der Waals surface area contributed by atoms with E-state index in [0.29, 0.717) is 5.92 Å². The van der Waals surface area contributed by atoms with Crippen LogP contribution in [0.4, 0.5) is 14.5 Å². The minimum atomic E-state index is -3.55. The van der Waals surface area contributed by atoms with Gasteiger partial charge in [0.15, 0.2) is 11.5 Å². The predicted molar refractivity (Wildman–Crippen MR) is 66.7 cm³/mol. The van der Waals surface area contributed by atoms with E-state index in [1.165, 1.54) is 6.07 Å². The van der Waals surface area contributed by atoms with Crippen LogP contribution in [-0.4, -0.2) is 25.9 Å². The van der Waals surface area contributed by atoms with Crippen molar-refractivity contribution in [1.82, 2.24) is 5.32 Å². The van der Waals surface area contributed by atoms with E-state index in [4.69, 9.17) is 0 Å². The average Bonchev–Trinajstić information content (AvgIpc) is 2.70. The Kier molecular flexibility index (Phi) is 3.18. The third-order valence-corrected chi connectivity index (χ3v) is 3.45. The number of fused-ring (bicyclic) bond motifs is 1. The van der Waals surface area contributed by atoms with Crippen molar-refractivity contribution in [2.45, 2.75) is 19.1 Å². The molecular formula is C13H16F2N2O2. The van der Waals surface area contributed by atoms with Crippen LogP contribution in [-0.2, 0) is 0 Å². The maximum absolute atomic E-state index is 12.9. The molecule has 6 heteroatoms. The van der Waals surface area contributed by atoms with Crippen LogP contribution in [0, 0.1) is 5.92 Å². The summed E-state index contributed by atoms with van der Waals surface area (Å²) in [6.07, 6.45) is -1.28. The van der Waals surface area contributed by atoms with Crippen molar-refractivity contribution in [2.75, 3.05) is 25.0 Å². The lowest BCUT2D eigenvalue weighted by Gasteiger charge is -2.23. The van der Waals surface area contributed by atoms with Gasteiger partial charge in [-0.05, 0) is 44.0 Å². The molecule has 1 saturated heterocycles. The van der Waals surface area contributed by atoms with E-state index in [9.17, 15) is 8.78 Å². The second kappa shape index (κ2) is 4.85. The maximum atomic E-state index is 12.9. The Balaban J connectivity index is 1.60. The molecule has 0 amide bonds. The Bertz CT molecular complexity index is 462. The van der Waals surface area contributed by atoms with Crippen molar-refractivity contribution in [1.29, 1.82) is 0 Å². The van der Waals surface area contributed by atoms with Crippen LogP contribution in [0.1, 0.15) is 12.8 Å². The molecule has 4 nitrogen and oxygen atoms in total. The first-order valence-corrected chi connectivity index (χ1v) is 6.47. The van der Waals surface area contributed by atoms with Crippen LogP contribution in [0.15, 0.2) is 18.2 Å². The van der Waals surface area contributed by atoms with E-state index in [1.807, 2.05) is 0 Å². The van der Waals surface area contributed by atoms with Gasteiger partial charge < -0.3 is 20.1 Å². The molecular weight excluding hydrogens is 254 g/mol. The van der Waals surface area contributed by atoms with E-state index in [2.05, 4.69) is 20.1 Å². The smallest absolute Gasteiger partial charge is 0.395 e. The van der Waals surface area contributed by atoms with Crippen LogP contribution >= 0.6 is 0 Å². The van der Waals surface area contributed by atoms with E-state index >= 15 is 0 Å². The zero-order chi connectivity index (χ0) is 13.3. The molecule has 0 radical (unpaired) electrons. The number of hydrogen-bond donors (Lipinski definition) is 2. The second-order valence-electron chi connectivity index (χ2n) is 4.90. The van der Waals surface area contributed by atoms with E-state index < -0.39 is 6.29 Å². The van der Waals surface area contributed by atoms with Gasteiger partial charge in [0.25, 0.3) is 0 Å². The molecule has 1 aromatic rings. The highest BCUT2D eigenvalue weighted by atomic mass is 19.3. The lowest BCUT2D eigenvalue weighted by Crippen LogP contribution is -2.31. The molecule has 2 heterocycles. The molecule has 1 fully saturated rings. The third kappa shape index (κ3) is 2.89. The van der Waals surface area contributed by atoms with Gasteiger partial charge in [-0.2, -0.15) is 0 Å². The fourth-order valence-corrected chi connectivity index (χ4v) is 2.41. The molecule has 2 aliphatic heterocycles. The first-order valence-electron chi connectivity index (χ1n) is 6.47. The summed E-state index contributed by atoms with van der Waals surface area (Å²) in [4.78, 5) is 0. The topological polar surface area (TPSA) is 42.5 Å². The van der Waals surface area contributed by atoms with Gasteiger partial charge in [0.05, 0.1) is 0 Å². The lowest BCUT2D eigenvalue weighted by atomic mass is 9.98. The van der Waals surface area contributed by atoms with Crippen LogP contribution in [0.5, 0.6) is 11.5 Å². The minimum Gasteiger partial charge on any atom is -0.395 e. The number of anilines is 1. The summed E-state index contributed by atoms with van der Waals surface area (Å²) in [5.74, 6) is 0.783. The van der Waals surface area contributed by atoms with Crippen LogP contribution in [0.3, 0.4) is 0 Å². The summed E-state index contributed by atoms with van der Waals surface area (Å²) in [7, 11) is 0. The van der Waals surface area contributed by atoms with Crippen LogP contribution in [0.2, 0.25) is 0 Å². The highest BCUT2D eigenvalue weighted by Gasteiger charge is 2.43. The Labute approximate surface area is 110 Å². The fourth-order valence-electron chi connectivity index (χ4n) is 2.41. The van der Waals surface area contributed by atoms with Crippen molar-refractivity contribution in [3.63, 3.8) is 0 Å². The van der Waals surface area contributed by atoms with Crippen molar-refractivity contribution in [3.05, 3.63) is 18.2 Å². The Hall–Kier alpha value is -1.56. The zero-order valence-electron chi connectivity index (χ0n) is 10.4. The van der Waals surface area contributed by atoms with E-state index in [1.54, 1.807) is 12.1 Å². The lowest BCUT2D eigenvalue weighted by molar-refractivity contribution is -0.286. The van der Waals surface area contributed by atoms with Gasteiger partial charge in [-0.15, -0.1) is 8.78 Å². The van der Waals surface area contributed by atoms with Crippen molar-refractivity contribution in [3.8, 4) is 11.5 Å². The first kappa shape index (κ1) is 12.5. The third-order valence-electron chi connectivity index (χ3n) is 3.45. The molecule has 3 rings (SSSR count). The number of piperidine rings is 1. The van der Waals surface area contributed by atoms with Crippen molar-refractivity contribution < 1.29 is 18.3 Å². The van der Waals surface area contributed by atoms with Crippen LogP contribution < -0.4 is 20.1 Å². The number of nitrogens with one attached hydrogen (secondary N) is 2. The van der Waals surface area contributed by atoms with Crippen molar-refractivity contribution in [2.24, 2.45) is 5.92 Å². The summed E-state index contributed by atoms with van der Waals surface area (Å²) in [5.41, 5.74) is 0.776. The standard InChI is InChI=1S/C13H16F2N2O2/c14-13(15)18-11-2-1-10(7-12(11)19-13)17-8-9-3-5-16-6-4-9/h1-2,7,9,16-17H,3-6,8H2. The predicted octanol–water partition coefficient (Wildman–Crippen LogP) is 2.42. The molecule has 0 saturated carbocycles. The SMILES string of the molecule is FC1(F)Oc2ccc(NCC3CCNCC3)cc2O1. The maximum Gasteiger partial charge on any atom is 0.586 e. The number of alkyl halides is 2. The molecule has 19 heavy (non-hydrogen) atoms. The number of halogens is 2. The summed E-state index contributed by atoms with van der Waals surface area (Å²) < 4.78 is 34.5. The monoisotopic (exact) mass is 270 g/mol. The molecule has 2 aliphatic rings. The van der Waals surface area contributed by atoms with E-state index in [0.717, 1.165) is 38.2 Å². The molecule has 1 aromatic carbocycles. The van der Waals surface area contributed by atoms with Crippen molar-refractivity contribution >= 4 is 5.69 Å². The number of hydrogen-bond acceptors (Lipinski definition) is 4. The highest BCUT2D eigenvalue weighted by Crippen LogP contribution is 2.42. The van der Waals surface area contributed by atoms with Crippen LogP contribution in [0.25, 0.3) is 0 Å². The fraction of sp³-hybridized carbons (Fsp3) is 0.538. The normalized spacial score (nSPS) is 21.4. The second-order valence-corrected chi connectivity index (χ2v) is 4.90. The van der Waals surface area contributed by atoms with Gasteiger partial charge in [0.1, 0.15) is 0 Å². The Morgan fingerprint density at radius 2 is 1.95 bits per heavy atom. The Morgan fingerprint density at radius 1 is 1.21 bits per heavy atom. The van der Waals surface area contributed by atoms with Gasteiger partial charge in [-0.1, -0.05) is 0 Å². The molecule has 104 valence electrons. The summed E-state index contributed by atoms with van der Waals surface area (Å²) in [6, 6.07) is 4.78. The zero-order valence-corrected chi connectivity index (χ0v) is 10.4. The molecule has 2 N–H and O–H groups in total. The largest absolute Gasteiger partial charge is 0.586 e. The molecule has 0 aliphatic carbocycles. The summed E-state index contributed by atoms with van der Waals surface area (Å²) >= 11 is 0.